The Hall–Kier alpha value is -4.16. The molecule has 5 heterocycles. The van der Waals surface area contributed by atoms with E-state index >= 15 is 0 Å². The molecule has 3 aromatic heterocycles. The Morgan fingerprint density at radius 2 is 2.02 bits per heavy atom. The molecule has 0 spiro atoms. The third-order valence-corrected chi connectivity index (χ3v) is 7.74. The predicted molar refractivity (Wildman–Crippen MR) is 160 cm³/mol. The molecular weight excluding hydrogens is 574 g/mol. The number of amides is 4. The van der Waals surface area contributed by atoms with Gasteiger partial charge >= 0.3 is 12.1 Å². The van der Waals surface area contributed by atoms with Crippen molar-refractivity contribution in [3.63, 3.8) is 0 Å². The van der Waals surface area contributed by atoms with E-state index in [0.717, 1.165) is 22.0 Å². The molecule has 4 amide bonds. The molecule has 12 nitrogen and oxygen atoms in total. The number of morpholine rings is 1. The average molecular weight is 608 g/mol. The van der Waals surface area contributed by atoms with Crippen molar-refractivity contribution in [1.82, 2.24) is 34.3 Å². The van der Waals surface area contributed by atoms with E-state index in [1.54, 1.807) is 29.5 Å². The van der Waals surface area contributed by atoms with Crippen LogP contribution in [0.15, 0.2) is 43.0 Å². The van der Waals surface area contributed by atoms with Crippen molar-refractivity contribution in [3.8, 4) is 11.3 Å². The van der Waals surface area contributed by atoms with Gasteiger partial charge in [-0.25, -0.2) is 19.1 Å². The van der Waals surface area contributed by atoms with Crippen LogP contribution in [0.2, 0.25) is 5.02 Å². The minimum atomic E-state index is -0.953. The number of hydrogen-bond acceptors (Lipinski definition) is 7. The highest BCUT2D eigenvalue weighted by Crippen LogP contribution is 2.35. The second kappa shape index (κ2) is 10.5. The number of nitrogens with zero attached hydrogens (tertiary/aromatic N) is 6. The molecule has 1 N–H and O–H groups in total. The lowest BCUT2D eigenvalue weighted by molar-refractivity contribution is -0.130. The lowest BCUT2D eigenvalue weighted by Gasteiger charge is -2.34. The molecule has 0 aliphatic carbocycles. The van der Waals surface area contributed by atoms with Crippen LogP contribution in [0.5, 0.6) is 0 Å². The summed E-state index contributed by atoms with van der Waals surface area (Å²) in [7, 11) is 0. The highest BCUT2D eigenvalue weighted by molar-refractivity contribution is 6.32. The largest absolute Gasteiger partial charge is 0.444 e. The standard InChI is InChI=1S/C30H34ClN7O5/c1-29(2,3)43-28(41)36-8-9-42-21(16-36)15-35-7-6-19-11-20(31)12-22(25(19)35)24-23-10-18(14-38(23)33-17-32-24)13-37-26(39)30(4,5)34-27(37)40/h6-7,10-12,14,17,21H,8-9,13,15-16H2,1-5H3,(H,34,40)/t21-/m1/s1. The fourth-order valence-corrected chi connectivity index (χ4v) is 5.83. The second-order valence-electron chi connectivity index (χ2n) is 12.5. The summed E-state index contributed by atoms with van der Waals surface area (Å²) in [5.41, 5.74) is 2.24. The predicted octanol–water partition coefficient (Wildman–Crippen LogP) is 4.47. The highest BCUT2D eigenvalue weighted by Gasteiger charge is 2.44. The quantitative estimate of drug-likeness (QED) is 0.332. The SMILES string of the molecule is CC(C)(C)OC(=O)N1CCO[C@H](Cn2ccc3cc(Cl)cc(-c4ncnn5cc(CN6C(=O)NC(C)(C)C6=O)cc45)c32)C1. The molecule has 0 radical (unpaired) electrons. The average Bonchev–Trinajstić information content (AvgIpc) is 3.58. The van der Waals surface area contributed by atoms with Crippen LogP contribution in [-0.4, -0.2) is 83.9 Å². The fourth-order valence-electron chi connectivity index (χ4n) is 5.61. The maximum Gasteiger partial charge on any atom is 0.410 e. The molecule has 0 bridgehead atoms. The van der Waals surface area contributed by atoms with Crippen molar-refractivity contribution in [2.75, 3.05) is 19.7 Å². The molecule has 2 fully saturated rings. The molecule has 2 saturated heterocycles. The number of urea groups is 1. The topological polar surface area (TPSA) is 123 Å². The summed E-state index contributed by atoms with van der Waals surface area (Å²) in [6, 6.07) is 7.20. The zero-order valence-electron chi connectivity index (χ0n) is 24.8. The van der Waals surface area contributed by atoms with Gasteiger partial charge in [0.05, 0.1) is 49.1 Å². The summed E-state index contributed by atoms with van der Waals surface area (Å²) < 4.78 is 15.4. The van der Waals surface area contributed by atoms with Gasteiger partial charge in [-0.3, -0.25) is 9.69 Å². The van der Waals surface area contributed by atoms with Gasteiger partial charge in [-0.1, -0.05) is 11.6 Å². The van der Waals surface area contributed by atoms with Gasteiger partial charge in [0.25, 0.3) is 5.91 Å². The van der Waals surface area contributed by atoms with E-state index in [9.17, 15) is 14.4 Å². The van der Waals surface area contributed by atoms with Gasteiger partial charge in [0.15, 0.2) is 0 Å². The maximum absolute atomic E-state index is 12.8. The van der Waals surface area contributed by atoms with Gasteiger partial charge in [-0.15, -0.1) is 0 Å². The molecule has 0 unspecified atom stereocenters. The number of halogens is 1. The number of fused-ring (bicyclic) bond motifs is 2. The van der Waals surface area contributed by atoms with Crippen LogP contribution in [0.4, 0.5) is 9.59 Å². The highest BCUT2D eigenvalue weighted by atomic mass is 35.5. The molecule has 6 rings (SSSR count). The van der Waals surface area contributed by atoms with E-state index in [1.165, 1.54) is 11.2 Å². The number of carbonyl (C=O) groups excluding carboxylic acids is 3. The van der Waals surface area contributed by atoms with Crippen molar-refractivity contribution < 1.29 is 23.9 Å². The van der Waals surface area contributed by atoms with Gasteiger partial charge in [0, 0.05) is 34.9 Å². The Balaban J connectivity index is 1.32. The first-order valence-electron chi connectivity index (χ1n) is 14.1. The zero-order valence-corrected chi connectivity index (χ0v) is 25.5. The van der Waals surface area contributed by atoms with Gasteiger partial charge in [0.2, 0.25) is 0 Å². The number of ether oxygens (including phenoxy) is 2. The molecule has 1 atom stereocenters. The lowest BCUT2D eigenvalue weighted by Crippen LogP contribution is -2.48. The van der Waals surface area contributed by atoms with Crippen LogP contribution in [0, 0.1) is 0 Å². The van der Waals surface area contributed by atoms with Crippen LogP contribution in [-0.2, 0) is 27.4 Å². The molecule has 2 aliphatic heterocycles. The third-order valence-electron chi connectivity index (χ3n) is 7.52. The van der Waals surface area contributed by atoms with Gasteiger partial charge in [-0.2, -0.15) is 5.10 Å². The fraction of sp³-hybridized carbons (Fsp3) is 0.433. The summed E-state index contributed by atoms with van der Waals surface area (Å²) in [4.78, 5) is 45.5. The first kappa shape index (κ1) is 28.9. The summed E-state index contributed by atoms with van der Waals surface area (Å²) in [5.74, 6) is -0.288. The Bertz CT molecular complexity index is 1750. The van der Waals surface area contributed by atoms with E-state index in [4.69, 9.17) is 21.1 Å². The van der Waals surface area contributed by atoms with Crippen molar-refractivity contribution in [2.24, 2.45) is 0 Å². The number of imide groups is 1. The normalized spacial score (nSPS) is 19.0. The van der Waals surface area contributed by atoms with E-state index < -0.39 is 17.2 Å². The van der Waals surface area contributed by atoms with E-state index in [1.807, 2.05) is 51.2 Å². The molecule has 43 heavy (non-hydrogen) atoms. The number of aromatic nitrogens is 4. The number of benzene rings is 1. The van der Waals surface area contributed by atoms with Gasteiger partial charge in [0.1, 0.15) is 17.5 Å². The molecule has 226 valence electrons. The maximum atomic E-state index is 12.8. The van der Waals surface area contributed by atoms with E-state index in [-0.39, 0.29) is 24.6 Å². The van der Waals surface area contributed by atoms with E-state index in [0.29, 0.717) is 42.5 Å². The molecular formula is C30H34ClN7O5. The smallest absolute Gasteiger partial charge is 0.410 e. The molecule has 1 aromatic carbocycles. The zero-order chi connectivity index (χ0) is 30.7. The van der Waals surface area contributed by atoms with Crippen molar-refractivity contribution >= 4 is 46.1 Å². The molecule has 13 heteroatoms. The van der Waals surface area contributed by atoms with Crippen LogP contribution < -0.4 is 5.32 Å². The van der Waals surface area contributed by atoms with Crippen molar-refractivity contribution in [2.45, 2.75) is 65.0 Å². The Morgan fingerprint density at radius 1 is 1.23 bits per heavy atom. The van der Waals surface area contributed by atoms with Crippen molar-refractivity contribution in [1.29, 1.82) is 0 Å². The Labute approximate surface area is 253 Å². The summed E-state index contributed by atoms with van der Waals surface area (Å²) in [5, 5.41) is 8.57. The Kier molecular flexibility index (Phi) is 7.09. The van der Waals surface area contributed by atoms with Crippen LogP contribution in [0.3, 0.4) is 0 Å². The summed E-state index contributed by atoms with van der Waals surface area (Å²) in [6.45, 7) is 10.8. The summed E-state index contributed by atoms with van der Waals surface area (Å²) >= 11 is 6.58. The number of rotatable bonds is 5. The third kappa shape index (κ3) is 5.64. The number of nitrogens with one attached hydrogen (secondary N) is 1. The van der Waals surface area contributed by atoms with Gasteiger partial charge in [-0.05, 0) is 64.4 Å². The number of carbonyl (C=O) groups is 3. The van der Waals surface area contributed by atoms with Crippen LogP contribution in [0.25, 0.3) is 27.7 Å². The van der Waals surface area contributed by atoms with E-state index in [2.05, 4.69) is 20.0 Å². The monoisotopic (exact) mass is 607 g/mol. The molecule has 0 saturated carbocycles. The van der Waals surface area contributed by atoms with Crippen LogP contribution in [0.1, 0.15) is 40.2 Å². The minimum absolute atomic E-state index is 0.103. The lowest BCUT2D eigenvalue weighted by atomic mass is 10.1. The second-order valence-corrected chi connectivity index (χ2v) is 12.9. The molecule has 2 aliphatic rings. The number of hydrogen-bond donors (Lipinski definition) is 1. The first-order valence-corrected chi connectivity index (χ1v) is 14.5. The minimum Gasteiger partial charge on any atom is -0.444 e. The van der Waals surface area contributed by atoms with Crippen molar-refractivity contribution in [3.05, 3.63) is 53.6 Å². The van der Waals surface area contributed by atoms with Crippen LogP contribution >= 0.6 is 11.6 Å². The first-order chi connectivity index (χ1) is 20.3. The Morgan fingerprint density at radius 3 is 2.74 bits per heavy atom. The van der Waals surface area contributed by atoms with Gasteiger partial charge < -0.3 is 24.3 Å². The summed E-state index contributed by atoms with van der Waals surface area (Å²) in [6.07, 6.45) is 4.62. The molecule has 4 aromatic rings.